The number of fused-ring (bicyclic) bond motifs is 3. The molecule has 4 heterocycles. The molecule has 1 saturated carbocycles. The van der Waals surface area contributed by atoms with E-state index in [1.54, 1.807) is 13.2 Å². The third-order valence-electron chi connectivity index (χ3n) is 13.7. The van der Waals surface area contributed by atoms with Gasteiger partial charge < -0.3 is 28.7 Å². The first-order chi connectivity index (χ1) is 27.4. The minimum absolute atomic E-state index is 0.157. The molecule has 5 atom stereocenters. The number of carbonyl (C=O) groups excluding carboxylic acids is 1. The largest absolute Gasteiger partial charge is 0.487 e. The van der Waals surface area contributed by atoms with Crippen molar-refractivity contribution in [3.05, 3.63) is 70.3 Å². The van der Waals surface area contributed by atoms with Gasteiger partial charge in [-0.1, -0.05) is 36.7 Å². The van der Waals surface area contributed by atoms with Crippen molar-refractivity contribution in [1.29, 1.82) is 0 Å². The number of nitrogens with one attached hydrogen (secondary N) is 1. The van der Waals surface area contributed by atoms with Crippen molar-refractivity contribution >= 4 is 33.2 Å². The van der Waals surface area contributed by atoms with E-state index in [0.29, 0.717) is 29.7 Å². The highest BCUT2D eigenvalue weighted by atomic mass is 35.5. The highest BCUT2D eigenvalue weighted by Gasteiger charge is 2.48. The van der Waals surface area contributed by atoms with Crippen LogP contribution in [-0.2, 0) is 37.3 Å². The van der Waals surface area contributed by atoms with Gasteiger partial charge in [-0.25, -0.2) is 13.1 Å². The lowest BCUT2D eigenvalue weighted by Crippen LogP contribution is -2.64. The van der Waals surface area contributed by atoms with E-state index in [2.05, 4.69) is 38.5 Å². The summed E-state index contributed by atoms with van der Waals surface area (Å²) in [5.74, 6) is 0.361. The normalized spacial score (nSPS) is 30.3. The van der Waals surface area contributed by atoms with E-state index in [-0.39, 0.29) is 36.0 Å². The van der Waals surface area contributed by atoms with E-state index < -0.39 is 26.8 Å². The molecule has 0 radical (unpaired) electrons. The Morgan fingerprint density at radius 2 is 1.81 bits per heavy atom. The first-order valence-corrected chi connectivity index (χ1v) is 23.0. The molecule has 314 valence electrons. The third kappa shape index (κ3) is 9.53. The van der Waals surface area contributed by atoms with Crippen LogP contribution in [0.15, 0.2) is 48.6 Å². The fourth-order valence-corrected chi connectivity index (χ4v) is 11.7. The molecule has 2 aromatic rings. The number of carbonyl (C=O) groups is 1. The van der Waals surface area contributed by atoms with Gasteiger partial charge in [0.2, 0.25) is 10.0 Å². The second kappa shape index (κ2) is 18.3. The van der Waals surface area contributed by atoms with Crippen molar-refractivity contribution in [2.45, 2.75) is 88.2 Å². The molecule has 3 fully saturated rings. The SMILES string of the molecule is COCC[C@@H]1[C@@H](C)C/C=C/[C@@](CCN2CCN(C3(C)COC3)CC2)(OC)[C@@H]2CC[C@H]2CN2CCCCc3cc(Cl)ccc3COc3ccc(cc32)C(=O)NS1(=O)=O. The molecule has 57 heavy (non-hydrogen) atoms. The van der Waals surface area contributed by atoms with Crippen LogP contribution < -0.4 is 14.4 Å². The maximum absolute atomic E-state index is 14.1. The van der Waals surface area contributed by atoms with Crippen molar-refractivity contribution in [1.82, 2.24) is 14.5 Å². The predicted octanol–water partition coefficient (Wildman–Crippen LogP) is 6.33. The summed E-state index contributed by atoms with van der Waals surface area (Å²) < 4.78 is 54.8. The molecule has 7 rings (SSSR count). The molecular weight excluding hydrogens is 764 g/mol. The summed E-state index contributed by atoms with van der Waals surface area (Å²) >= 11 is 6.43. The van der Waals surface area contributed by atoms with Crippen LogP contribution in [0.4, 0.5) is 5.69 Å². The highest BCUT2D eigenvalue weighted by molar-refractivity contribution is 7.90. The Balaban J connectivity index is 1.22. The Morgan fingerprint density at radius 1 is 1.00 bits per heavy atom. The first-order valence-electron chi connectivity index (χ1n) is 21.1. The molecular formula is C44H63ClN4O7S. The highest BCUT2D eigenvalue weighted by Crippen LogP contribution is 2.48. The van der Waals surface area contributed by atoms with E-state index in [0.717, 1.165) is 109 Å². The fourth-order valence-electron chi connectivity index (χ4n) is 9.81. The maximum Gasteiger partial charge on any atom is 0.264 e. The molecule has 1 N–H and O–H groups in total. The van der Waals surface area contributed by atoms with Crippen LogP contribution in [0.2, 0.25) is 5.02 Å². The molecule has 0 unspecified atom stereocenters. The molecule has 5 aliphatic rings. The first kappa shape index (κ1) is 42.4. The number of anilines is 1. The van der Waals surface area contributed by atoms with E-state index in [1.807, 2.05) is 44.4 Å². The second-order valence-corrected chi connectivity index (χ2v) is 19.7. The molecule has 4 aliphatic heterocycles. The quantitative estimate of drug-likeness (QED) is 0.304. The number of nitrogens with zero attached hydrogens (tertiary/aromatic N) is 3. The number of hydrogen-bond donors (Lipinski definition) is 1. The summed E-state index contributed by atoms with van der Waals surface area (Å²) in [5, 5.41) is -0.119. The van der Waals surface area contributed by atoms with Gasteiger partial charge in [0.1, 0.15) is 12.4 Å². The number of ether oxygens (including phenoxy) is 4. The minimum Gasteiger partial charge on any atom is -0.487 e. The molecule has 2 bridgehead atoms. The molecule has 1 aliphatic carbocycles. The summed E-state index contributed by atoms with van der Waals surface area (Å²) in [6.45, 7) is 13.0. The zero-order chi connectivity index (χ0) is 40.2. The zero-order valence-corrected chi connectivity index (χ0v) is 35.9. The summed E-state index contributed by atoms with van der Waals surface area (Å²) in [6.07, 6.45) is 11.0. The maximum atomic E-state index is 14.1. The number of hydrogen-bond acceptors (Lipinski definition) is 10. The molecule has 1 amide bonds. The van der Waals surface area contributed by atoms with Crippen LogP contribution in [0, 0.1) is 17.8 Å². The number of allylic oxidation sites excluding steroid dienone is 1. The topological polar surface area (TPSA) is 110 Å². The van der Waals surface area contributed by atoms with Crippen molar-refractivity contribution in [3.8, 4) is 5.75 Å². The smallest absolute Gasteiger partial charge is 0.264 e. The van der Waals surface area contributed by atoms with Gasteiger partial charge in [-0.3, -0.25) is 9.69 Å². The number of rotatable bonds is 8. The average molecular weight is 828 g/mol. The fraction of sp³-hybridized carbons (Fsp3) is 0.659. The van der Waals surface area contributed by atoms with E-state index >= 15 is 0 Å². The molecule has 0 aromatic heterocycles. The molecule has 11 nitrogen and oxygen atoms in total. The van der Waals surface area contributed by atoms with E-state index in [4.69, 9.17) is 30.5 Å². The van der Waals surface area contributed by atoms with Gasteiger partial charge in [0.15, 0.2) is 0 Å². The van der Waals surface area contributed by atoms with Gasteiger partial charge in [-0.2, -0.15) is 0 Å². The average Bonchev–Trinajstić information content (AvgIpc) is 3.20. The predicted molar refractivity (Wildman–Crippen MR) is 225 cm³/mol. The van der Waals surface area contributed by atoms with E-state index in [1.165, 1.54) is 5.56 Å². The Morgan fingerprint density at radius 3 is 2.51 bits per heavy atom. The lowest BCUT2D eigenvalue weighted by Gasteiger charge is -2.52. The van der Waals surface area contributed by atoms with E-state index in [9.17, 15) is 13.2 Å². The number of methoxy groups -OCH3 is 2. The Labute approximate surface area is 345 Å². The van der Waals surface area contributed by atoms with Gasteiger partial charge in [0.05, 0.1) is 35.3 Å². The van der Waals surface area contributed by atoms with Crippen molar-refractivity contribution < 1.29 is 32.2 Å². The Bertz CT molecular complexity index is 1850. The Hall–Kier alpha value is -2.71. The van der Waals surface area contributed by atoms with Gasteiger partial charge in [0.25, 0.3) is 5.91 Å². The zero-order valence-electron chi connectivity index (χ0n) is 34.3. The number of aryl methyl sites for hydroxylation is 1. The number of sulfonamides is 1. The molecule has 2 aromatic carbocycles. The molecule has 0 spiro atoms. The third-order valence-corrected chi connectivity index (χ3v) is 15.9. The minimum atomic E-state index is -4.07. The standard InChI is InChI=1S/C44H63ClN4O7S/c1-32-8-7-17-44(54-4,18-20-47-21-23-49(24-22-47)43(2)30-55-31-43)38-14-11-35(38)28-48-19-6-5-9-33-26-37(45)13-10-36(33)29-56-40-15-12-34(27-39(40)48)42(50)46-57(51,52)41(32)16-25-53-3/h7,10,12-13,15,17,26-27,32,35,38,41H,5-6,8-9,11,14,16,18-25,28-31H2,1-4H3,(H,46,50)/b17-7+/t32-,35-,38+,41+,44-/m0/s1. The number of piperazine rings is 1. The van der Waals surface area contributed by atoms with Crippen LogP contribution in [0.3, 0.4) is 0 Å². The lowest BCUT2D eigenvalue weighted by molar-refractivity contribution is -0.141. The van der Waals surface area contributed by atoms with Gasteiger partial charge in [-0.05, 0) is 118 Å². The number of amides is 1. The van der Waals surface area contributed by atoms with Crippen LogP contribution >= 0.6 is 11.6 Å². The van der Waals surface area contributed by atoms with Gasteiger partial charge >= 0.3 is 0 Å². The van der Waals surface area contributed by atoms with Crippen LogP contribution in [-0.4, -0.2) is 120 Å². The summed E-state index contributed by atoms with van der Waals surface area (Å²) in [7, 11) is -0.647. The van der Waals surface area contributed by atoms with Crippen LogP contribution in [0.25, 0.3) is 0 Å². The van der Waals surface area contributed by atoms with Gasteiger partial charge in [0, 0.05) is 77.2 Å². The van der Waals surface area contributed by atoms with Gasteiger partial charge in [-0.15, -0.1) is 0 Å². The lowest BCUT2D eigenvalue weighted by atomic mass is 9.63. The number of benzene rings is 2. The van der Waals surface area contributed by atoms with Crippen molar-refractivity contribution in [2.24, 2.45) is 17.8 Å². The summed E-state index contributed by atoms with van der Waals surface area (Å²) in [5.41, 5.74) is 3.00. The monoisotopic (exact) mass is 826 g/mol. The molecule has 2 saturated heterocycles. The summed E-state index contributed by atoms with van der Waals surface area (Å²) in [6, 6.07) is 11.3. The van der Waals surface area contributed by atoms with Crippen LogP contribution in [0.5, 0.6) is 5.75 Å². The second-order valence-electron chi connectivity index (χ2n) is 17.4. The number of halogens is 1. The summed E-state index contributed by atoms with van der Waals surface area (Å²) in [4.78, 5) is 21.4. The van der Waals surface area contributed by atoms with Crippen molar-refractivity contribution in [2.75, 3.05) is 84.8 Å². The van der Waals surface area contributed by atoms with Crippen molar-refractivity contribution in [3.63, 3.8) is 0 Å². The Kier molecular flexibility index (Phi) is 13.6. The van der Waals surface area contributed by atoms with Crippen LogP contribution in [0.1, 0.15) is 80.3 Å². The molecule has 13 heteroatoms.